The lowest BCUT2D eigenvalue weighted by Gasteiger charge is -2.06. The number of nitrogens with one attached hydrogen (secondary N) is 1. The van der Waals surface area contributed by atoms with E-state index in [1.165, 1.54) is 6.21 Å². The smallest absolute Gasteiger partial charge is 0.244 e. The number of hydrazone groups is 1. The number of nitrogens with zero attached hydrogens (tertiary/aromatic N) is 1. The van der Waals surface area contributed by atoms with Gasteiger partial charge in [0.1, 0.15) is 5.75 Å². The molecule has 6 heteroatoms. The van der Waals surface area contributed by atoms with Gasteiger partial charge < -0.3 is 5.11 Å². The van der Waals surface area contributed by atoms with Crippen molar-refractivity contribution in [2.24, 2.45) is 5.10 Å². The Balaban J connectivity index is 2.03. The van der Waals surface area contributed by atoms with Crippen molar-refractivity contribution in [3.63, 3.8) is 0 Å². The normalized spacial score (nSPS) is 11.0. The quantitative estimate of drug-likeness (QED) is 0.355. The number of aromatic hydroxyl groups is 1. The van der Waals surface area contributed by atoms with Crippen molar-refractivity contribution in [1.29, 1.82) is 0 Å². The second-order valence-corrected chi connectivity index (χ2v) is 7.63. The fraction of sp³-hybridized carbons (Fsp3) is 0.176. The molecular formula is C17H16I2N2O2. The highest BCUT2D eigenvalue weighted by molar-refractivity contribution is 14.1. The van der Waals surface area contributed by atoms with Gasteiger partial charge in [0.2, 0.25) is 5.91 Å². The first-order valence-corrected chi connectivity index (χ1v) is 9.08. The molecule has 0 atom stereocenters. The van der Waals surface area contributed by atoms with Crippen LogP contribution in [0.2, 0.25) is 0 Å². The average Bonchev–Trinajstić information content (AvgIpc) is 2.48. The number of phenolic OH excluding ortho intramolecular Hbond substituents is 1. The first-order valence-electron chi connectivity index (χ1n) is 6.93. The monoisotopic (exact) mass is 534 g/mol. The van der Waals surface area contributed by atoms with E-state index in [9.17, 15) is 9.90 Å². The SMILES string of the molecule is Cc1ccc(C)c(CC(=O)N/N=C/c2cc(I)cc(I)c2O)c1. The molecule has 0 radical (unpaired) electrons. The Morgan fingerprint density at radius 2 is 2.00 bits per heavy atom. The minimum Gasteiger partial charge on any atom is -0.506 e. The zero-order chi connectivity index (χ0) is 17.0. The van der Waals surface area contributed by atoms with Gasteiger partial charge in [-0.15, -0.1) is 0 Å². The molecule has 120 valence electrons. The number of aryl methyl sites for hydroxylation is 2. The van der Waals surface area contributed by atoms with E-state index >= 15 is 0 Å². The molecule has 0 aliphatic heterocycles. The first kappa shape index (κ1) is 18.2. The lowest BCUT2D eigenvalue weighted by atomic mass is 10.0. The summed E-state index contributed by atoms with van der Waals surface area (Å²) in [6.45, 7) is 3.98. The van der Waals surface area contributed by atoms with E-state index in [1.807, 2.05) is 38.1 Å². The summed E-state index contributed by atoms with van der Waals surface area (Å²) < 4.78 is 1.74. The summed E-state index contributed by atoms with van der Waals surface area (Å²) in [4.78, 5) is 12.0. The molecule has 4 nitrogen and oxygen atoms in total. The number of benzene rings is 2. The van der Waals surface area contributed by atoms with E-state index in [-0.39, 0.29) is 18.1 Å². The largest absolute Gasteiger partial charge is 0.506 e. The maximum Gasteiger partial charge on any atom is 0.244 e. The molecule has 0 bridgehead atoms. The van der Waals surface area contributed by atoms with E-state index < -0.39 is 0 Å². The van der Waals surface area contributed by atoms with Crippen molar-refractivity contribution in [1.82, 2.24) is 5.43 Å². The van der Waals surface area contributed by atoms with Crippen LogP contribution in [0, 0.1) is 21.0 Å². The molecule has 23 heavy (non-hydrogen) atoms. The van der Waals surface area contributed by atoms with Crippen molar-refractivity contribution in [3.8, 4) is 5.75 Å². The third-order valence-electron chi connectivity index (χ3n) is 3.31. The lowest BCUT2D eigenvalue weighted by Crippen LogP contribution is -2.20. The predicted octanol–water partition coefficient (Wildman–Crippen LogP) is 3.91. The second-order valence-electron chi connectivity index (χ2n) is 5.23. The predicted molar refractivity (Wildman–Crippen MR) is 109 cm³/mol. The van der Waals surface area contributed by atoms with E-state index in [0.29, 0.717) is 5.56 Å². The van der Waals surface area contributed by atoms with Gasteiger partial charge in [0.25, 0.3) is 0 Å². The maximum atomic E-state index is 12.0. The summed E-state index contributed by atoms with van der Waals surface area (Å²) in [5.74, 6) is -0.0201. The molecule has 0 fully saturated rings. The van der Waals surface area contributed by atoms with E-state index in [4.69, 9.17) is 0 Å². The van der Waals surface area contributed by atoms with E-state index in [2.05, 4.69) is 55.7 Å². The molecule has 0 saturated carbocycles. The Hall–Kier alpha value is -1.16. The zero-order valence-electron chi connectivity index (χ0n) is 12.7. The van der Waals surface area contributed by atoms with Crippen LogP contribution in [0.5, 0.6) is 5.75 Å². The fourth-order valence-corrected chi connectivity index (χ4v) is 3.95. The highest BCUT2D eigenvalue weighted by Crippen LogP contribution is 2.25. The van der Waals surface area contributed by atoms with Crippen molar-refractivity contribution >= 4 is 57.3 Å². The van der Waals surface area contributed by atoms with Gasteiger partial charge in [-0.2, -0.15) is 5.10 Å². The average molecular weight is 534 g/mol. The van der Waals surface area contributed by atoms with Crippen LogP contribution in [0.4, 0.5) is 0 Å². The molecule has 0 saturated heterocycles. The van der Waals surface area contributed by atoms with Crippen molar-refractivity contribution in [2.75, 3.05) is 0 Å². The molecule has 0 spiro atoms. The van der Waals surface area contributed by atoms with Gasteiger partial charge in [0.05, 0.1) is 16.2 Å². The molecule has 0 aliphatic rings. The summed E-state index contributed by atoms with van der Waals surface area (Å²) in [7, 11) is 0. The molecule has 1 amide bonds. The molecule has 2 aromatic rings. The number of carbonyl (C=O) groups excluding carboxylic acids is 1. The third-order valence-corrected chi connectivity index (χ3v) is 4.75. The Morgan fingerprint density at radius 1 is 1.26 bits per heavy atom. The van der Waals surface area contributed by atoms with Crippen molar-refractivity contribution in [2.45, 2.75) is 20.3 Å². The number of hydrogen-bond acceptors (Lipinski definition) is 3. The summed E-state index contributed by atoms with van der Waals surface area (Å²) in [6.07, 6.45) is 1.74. The van der Waals surface area contributed by atoms with E-state index in [1.54, 1.807) is 6.07 Å². The van der Waals surface area contributed by atoms with Gasteiger partial charge in [-0.1, -0.05) is 23.8 Å². The number of hydrogen-bond donors (Lipinski definition) is 2. The van der Waals surface area contributed by atoms with Crippen LogP contribution in [0.15, 0.2) is 35.4 Å². The lowest BCUT2D eigenvalue weighted by molar-refractivity contribution is -0.120. The molecule has 0 unspecified atom stereocenters. The molecule has 2 N–H and O–H groups in total. The molecule has 2 rings (SSSR count). The van der Waals surface area contributed by atoms with Crippen LogP contribution in [-0.4, -0.2) is 17.2 Å². The number of phenols is 1. The topological polar surface area (TPSA) is 61.7 Å². The molecule has 0 aliphatic carbocycles. The second kappa shape index (κ2) is 8.09. The highest BCUT2D eigenvalue weighted by atomic mass is 127. The Morgan fingerprint density at radius 3 is 2.74 bits per heavy atom. The van der Waals surface area contributed by atoms with Gasteiger partial charge in [0, 0.05) is 9.13 Å². The minimum absolute atomic E-state index is 0.165. The number of carbonyl (C=O) groups is 1. The van der Waals surface area contributed by atoms with Gasteiger partial charge in [-0.05, 0) is 82.3 Å². The highest BCUT2D eigenvalue weighted by Gasteiger charge is 2.07. The van der Waals surface area contributed by atoms with E-state index in [0.717, 1.165) is 23.8 Å². The van der Waals surface area contributed by atoms with Crippen LogP contribution < -0.4 is 5.43 Å². The fourth-order valence-electron chi connectivity index (χ4n) is 2.06. The summed E-state index contributed by atoms with van der Waals surface area (Å²) in [5.41, 5.74) is 6.28. The number of amides is 1. The Labute approximate surface area is 162 Å². The van der Waals surface area contributed by atoms with Crippen LogP contribution in [0.1, 0.15) is 22.3 Å². The molecule has 0 aromatic heterocycles. The summed E-state index contributed by atoms with van der Waals surface area (Å²) in [5, 5.41) is 13.9. The van der Waals surface area contributed by atoms with Crippen LogP contribution in [0.25, 0.3) is 0 Å². The van der Waals surface area contributed by atoms with Crippen molar-refractivity contribution in [3.05, 3.63) is 59.7 Å². The summed E-state index contributed by atoms with van der Waals surface area (Å²) >= 11 is 4.23. The number of halogens is 2. The van der Waals surface area contributed by atoms with Gasteiger partial charge in [-0.25, -0.2) is 5.43 Å². The Kier molecular flexibility index (Phi) is 6.40. The minimum atomic E-state index is -0.185. The summed E-state index contributed by atoms with van der Waals surface area (Å²) in [6, 6.07) is 9.71. The molecular weight excluding hydrogens is 518 g/mol. The Bertz CT molecular complexity index is 773. The standard InChI is InChI=1S/C17H16I2N2O2/c1-10-3-4-11(2)12(5-10)7-16(22)21-20-9-13-6-14(18)8-15(19)17(13)23/h3-6,8-9,23H,7H2,1-2H3,(H,21,22)/b20-9+. The van der Waals surface area contributed by atoms with Crippen LogP contribution in [-0.2, 0) is 11.2 Å². The maximum absolute atomic E-state index is 12.0. The molecule has 0 heterocycles. The van der Waals surface area contributed by atoms with Crippen molar-refractivity contribution < 1.29 is 9.90 Å². The zero-order valence-corrected chi connectivity index (χ0v) is 17.0. The van der Waals surface area contributed by atoms with Gasteiger partial charge >= 0.3 is 0 Å². The molecule has 2 aromatic carbocycles. The van der Waals surface area contributed by atoms with Gasteiger partial charge in [-0.3, -0.25) is 4.79 Å². The third kappa shape index (κ3) is 5.17. The first-order chi connectivity index (χ1) is 10.9. The van der Waals surface area contributed by atoms with Gasteiger partial charge in [0.15, 0.2) is 0 Å². The van der Waals surface area contributed by atoms with Crippen LogP contribution in [0.3, 0.4) is 0 Å². The van der Waals surface area contributed by atoms with Crippen LogP contribution >= 0.6 is 45.2 Å². The number of rotatable bonds is 4.